The van der Waals surface area contributed by atoms with Crippen LogP contribution < -0.4 is 0 Å². The third-order valence-corrected chi connectivity index (χ3v) is 3.72. The highest BCUT2D eigenvalue weighted by Gasteiger charge is 2.10. The molecule has 0 fully saturated rings. The SMILES string of the molecule is Cc1cc(C(=O)Cc2ccc(F)c(F)c2)ccc1Br. The number of halogens is 3. The number of rotatable bonds is 3. The Balaban J connectivity index is 2.20. The van der Waals surface area contributed by atoms with Crippen LogP contribution in [0.1, 0.15) is 21.5 Å². The van der Waals surface area contributed by atoms with Gasteiger partial charge in [-0.05, 0) is 42.3 Å². The van der Waals surface area contributed by atoms with Gasteiger partial charge in [0, 0.05) is 16.5 Å². The van der Waals surface area contributed by atoms with E-state index in [1.807, 2.05) is 6.92 Å². The summed E-state index contributed by atoms with van der Waals surface area (Å²) in [4.78, 5) is 12.0. The van der Waals surface area contributed by atoms with E-state index in [4.69, 9.17) is 0 Å². The molecule has 0 atom stereocenters. The summed E-state index contributed by atoms with van der Waals surface area (Å²) in [7, 11) is 0. The van der Waals surface area contributed by atoms with E-state index in [1.165, 1.54) is 6.07 Å². The van der Waals surface area contributed by atoms with Crippen LogP contribution in [-0.4, -0.2) is 5.78 Å². The van der Waals surface area contributed by atoms with Crippen LogP contribution in [0.4, 0.5) is 8.78 Å². The Morgan fingerprint density at radius 2 is 1.84 bits per heavy atom. The van der Waals surface area contributed by atoms with E-state index in [1.54, 1.807) is 18.2 Å². The normalized spacial score (nSPS) is 10.5. The smallest absolute Gasteiger partial charge is 0.167 e. The zero-order chi connectivity index (χ0) is 14.0. The van der Waals surface area contributed by atoms with Crippen LogP contribution in [0.25, 0.3) is 0 Å². The third kappa shape index (κ3) is 3.26. The molecule has 1 nitrogen and oxygen atoms in total. The zero-order valence-electron chi connectivity index (χ0n) is 10.2. The second-order valence-electron chi connectivity index (χ2n) is 4.31. The summed E-state index contributed by atoms with van der Waals surface area (Å²) < 4.78 is 26.8. The lowest BCUT2D eigenvalue weighted by Gasteiger charge is -2.04. The predicted molar refractivity (Wildman–Crippen MR) is 73.3 cm³/mol. The number of carbonyl (C=O) groups excluding carboxylic acids is 1. The van der Waals surface area contributed by atoms with Gasteiger partial charge in [-0.1, -0.05) is 28.1 Å². The van der Waals surface area contributed by atoms with Crippen LogP contribution >= 0.6 is 15.9 Å². The zero-order valence-corrected chi connectivity index (χ0v) is 11.8. The van der Waals surface area contributed by atoms with Crippen LogP contribution in [0.3, 0.4) is 0 Å². The van der Waals surface area contributed by atoms with Gasteiger partial charge in [-0.25, -0.2) is 8.78 Å². The molecule has 0 unspecified atom stereocenters. The number of benzene rings is 2. The van der Waals surface area contributed by atoms with Crippen LogP contribution in [0, 0.1) is 18.6 Å². The molecule has 0 aliphatic rings. The van der Waals surface area contributed by atoms with E-state index < -0.39 is 11.6 Å². The second-order valence-corrected chi connectivity index (χ2v) is 5.17. The molecule has 0 radical (unpaired) electrons. The Morgan fingerprint density at radius 1 is 1.11 bits per heavy atom. The molecular formula is C15H11BrF2O. The topological polar surface area (TPSA) is 17.1 Å². The molecule has 0 aromatic heterocycles. The van der Waals surface area contributed by atoms with Crippen LogP contribution in [0.5, 0.6) is 0 Å². The van der Waals surface area contributed by atoms with Gasteiger partial charge >= 0.3 is 0 Å². The molecule has 0 heterocycles. The molecule has 0 amide bonds. The number of ketones is 1. The number of hydrogen-bond acceptors (Lipinski definition) is 1. The maximum absolute atomic E-state index is 13.1. The molecule has 0 spiro atoms. The quantitative estimate of drug-likeness (QED) is 0.762. The maximum atomic E-state index is 13.1. The Morgan fingerprint density at radius 3 is 2.47 bits per heavy atom. The molecule has 0 bridgehead atoms. The second kappa shape index (κ2) is 5.61. The molecule has 2 aromatic rings. The first-order valence-corrected chi connectivity index (χ1v) is 6.50. The van der Waals surface area contributed by atoms with Gasteiger partial charge in [-0.2, -0.15) is 0 Å². The minimum Gasteiger partial charge on any atom is -0.294 e. The molecule has 0 saturated heterocycles. The van der Waals surface area contributed by atoms with E-state index in [9.17, 15) is 13.6 Å². The van der Waals surface area contributed by atoms with Gasteiger partial charge in [0.05, 0.1) is 0 Å². The van der Waals surface area contributed by atoms with Gasteiger partial charge in [0.15, 0.2) is 17.4 Å². The van der Waals surface area contributed by atoms with Crippen LogP contribution in [0.15, 0.2) is 40.9 Å². The average molecular weight is 325 g/mol. The first kappa shape index (κ1) is 13.9. The fraction of sp³-hybridized carbons (Fsp3) is 0.133. The fourth-order valence-electron chi connectivity index (χ4n) is 1.76. The van der Waals surface area contributed by atoms with Gasteiger partial charge in [-0.3, -0.25) is 4.79 Å². The molecule has 19 heavy (non-hydrogen) atoms. The summed E-state index contributed by atoms with van der Waals surface area (Å²) in [6.07, 6.45) is 0.0538. The Bertz CT molecular complexity index is 638. The van der Waals surface area contributed by atoms with Crippen LogP contribution in [-0.2, 0) is 6.42 Å². The van der Waals surface area contributed by atoms with Crippen molar-refractivity contribution in [1.82, 2.24) is 0 Å². The molecule has 0 aliphatic carbocycles. The molecule has 2 aromatic carbocycles. The highest BCUT2D eigenvalue weighted by Crippen LogP contribution is 2.18. The monoisotopic (exact) mass is 324 g/mol. The lowest BCUT2D eigenvalue weighted by atomic mass is 10.0. The van der Waals surface area contributed by atoms with Crippen molar-refractivity contribution >= 4 is 21.7 Å². The van der Waals surface area contributed by atoms with E-state index in [2.05, 4.69) is 15.9 Å². The highest BCUT2D eigenvalue weighted by atomic mass is 79.9. The molecule has 2 rings (SSSR count). The van der Waals surface area contributed by atoms with E-state index in [0.717, 1.165) is 22.2 Å². The Labute approximate surface area is 118 Å². The third-order valence-electron chi connectivity index (χ3n) is 2.83. The molecule has 0 N–H and O–H groups in total. The molecule has 98 valence electrons. The first-order valence-electron chi connectivity index (χ1n) is 5.70. The summed E-state index contributed by atoms with van der Waals surface area (Å²) in [5, 5.41) is 0. The molecule has 4 heteroatoms. The number of aryl methyl sites for hydroxylation is 1. The van der Waals surface area contributed by atoms with Crippen molar-refractivity contribution in [3.63, 3.8) is 0 Å². The van der Waals surface area contributed by atoms with E-state index in [-0.39, 0.29) is 12.2 Å². The summed E-state index contributed by atoms with van der Waals surface area (Å²) >= 11 is 3.36. The number of carbonyl (C=O) groups is 1. The van der Waals surface area contributed by atoms with Crippen molar-refractivity contribution in [3.8, 4) is 0 Å². The van der Waals surface area contributed by atoms with Crippen molar-refractivity contribution in [2.45, 2.75) is 13.3 Å². The van der Waals surface area contributed by atoms with Gasteiger partial charge in [0.2, 0.25) is 0 Å². The first-order chi connectivity index (χ1) is 8.97. The van der Waals surface area contributed by atoms with Crippen molar-refractivity contribution in [3.05, 3.63) is 69.2 Å². The highest BCUT2D eigenvalue weighted by molar-refractivity contribution is 9.10. The van der Waals surface area contributed by atoms with Crippen molar-refractivity contribution in [2.24, 2.45) is 0 Å². The Kier molecular flexibility index (Phi) is 4.10. The largest absolute Gasteiger partial charge is 0.294 e. The van der Waals surface area contributed by atoms with E-state index >= 15 is 0 Å². The van der Waals surface area contributed by atoms with Crippen molar-refractivity contribution < 1.29 is 13.6 Å². The van der Waals surface area contributed by atoms with E-state index in [0.29, 0.717) is 11.1 Å². The van der Waals surface area contributed by atoms with Gasteiger partial charge in [-0.15, -0.1) is 0 Å². The van der Waals surface area contributed by atoms with Gasteiger partial charge in [0.25, 0.3) is 0 Å². The molecular weight excluding hydrogens is 314 g/mol. The number of hydrogen-bond donors (Lipinski definition) is 0. The molecule has 0 aliphatic heterocycles. The average Bonchev–Trinajstić information content (AvgIpc) is 2.37. The minimum absolute atomic E-state index is 0.0538. The standard InChI is InChI=1S/C15H11BrF2O/c1-9-6-11(3-4-12(9)16)15(19)8-10-2-5-13(17)14(18)7-10/h2-7H,8H2,1H3. The molecule has 0 saturated carbocycles. The van der Waals surface area contributed by atoms with Crippen LogP contribution in [0.2, 0.25) is 0 Å². The predicted octanol–water partition coefficient (Wildman–Crippen LogP) is 4.46. The summed E-state index contributed by atoms with van der Waals surface area (Å²) in [6, 6.07) is 8.78. The Hall–Kier alpha value is -1.55. The number of Topliss-reactive ketones (excluding diaryl/α,β-unsaturated/α-hetero) is 1. The summed E-state index contributed by atoms with van der Waals surface area (Å²) in [5.74, 6) is -1.96. The van der Waals surface area contributed by atoms with Crippen molar-refractivity contribution in [2.75, 3.05) is 0 Å². The van der Waals surface area contributed by atoms with Gasteiger partial charge < -0.3 is 0 Å². The summed E-state index contributed by atoms with van der Waals surface area (Å²) in [5.41, 5.74) is 1.98. The van der Waals surface area contributed by atoms with Crippen molar-refractivity contribution in [1.29, 1.82) is 0 Å². The maximum Gasteiger partial charge on any atom is 0.167 e. The minimum atomic E-state index is -0.933. The van der Waals surface area contributed by atoms with Gasteiger partial charge in [0.1, 0.15) is 0 Å². The summed E-state index contributed by atoms with van der Waals surface area (Å²) in [6.45, 7) is 1.89. The fourth-order valence-corrected chi connectivity index (χ4v) is 2.00. The lowest BCUT2D eigenvalue weighted by Crippen LogP contribution is -2.04. The lowest BCUT2D eigenvalue weighted by molar-refractivity contribution is 0.0993.